The molecule has 0 unspecified atom stereocenters. The predicted molar refractivity (Wildman–Crippen MR) is 97.5 cm³/mol. The lowest BCUT2D eigenvalue weighted by atomic mass is 10.1. The summed E-state index contributed by atoms with van der Waals surface area (Å²) in [6, 6.07) is 13.3. The van der Waals surface area contributed by atoms with E-state index in [9.17, 15) is 9.90 Å². The van der Waals surface area contributed by atoms with Gasteiger partial charge in [-0.1, -0.05) is 35.4 Å². The van der Waals surface area contributed by atoms with Crippen molar-refractivity contribution in [1.82, 2.24) is 5.27 Å². The summed E-state index contributed by atoms with van der Waals surface area (Å²) in [6.07, 6.45) is 0. The number of benzene rings is 2. The van der Waals surface area contributed by atoms with Gasteiger partial charge in [-0.2, -0.15) is 0 Å². The molecule has 2 aromatic carbocycles. The van der Waals surface area contributed by atoms with Gasteiger partial charge in [0.15, 0.2) is 5.95 Å². The Morgan fingerprint density at radius 1 is 1.15 bits per heavy atom. The zero-order valence-electron chi connectivity index (χ0n) is 14.8. The van der Waals surface area contributed by atoms with Crippen molar-refractivity contribution in [2.24, 2.45) is 0 Å². The van der Waals surface area contributed by atoms with Crippen LogP contribution in [0.1, 0.15) is 16.7 Å². The number of aromatic nitrogens is 2. The zero-order valence-corrected chi connectivity index (χ0v) is 15.6. The maximum atomic E-state index is 12.3. The van der Waals surface area contributed by atoms with Crippen LogP contribution in [0.15, 0.2) is 52.0 Å². The standard InChI is InChI=1S/C19H19N3O3S/c1-12-4-7-15(8-5-12)22-18(19(24)25-21-22)26-11-17(23)20-16-9-6-13(2)10-14(16)3/h4-10H,11H2,1-3H3,(H-,20,21,23,24). The molecule has 3 aromatic rings. The van der Waals surface area contributed by atoms with Gasteiger partial charge in [-0.25, -0.2) is 0 Å². The average Bonchev–Trinajstić information content (AvgIpc) is 2.97. The largest absolute Gasteiger partial charge is 0.538 e. The fraction of sp³-hybridized carbons (Fsp3) is 0.211. The molecule has 0 aliphatic heterocycles. The van der Waals surface area contributed by atoms with Crippen LogP contribution in [0.25, 0.3) is 5.69 Å². The molecule has 3 rings (SSSR count). The number of thioether (sulfide) groups is 1. The summed E-state index contributed by atoms with van der Waals surface area (Å²) in [5.41, 5.74) is 4.70. The zero-order chi connectivity index (χ0) is 18.7. The van der Waals surface area contributed by atoms with Gasteiger partial charge >= 0.3 is 0 Å². The van der Waals surface area contributed by atoms with Crippen molar-refractivity contribution >= 4 is 23.4 Å². The Hall–Kier alpha value is -2.80. The Balaban J connectivity index is 1.70. The van der Waals surface area contributed by atoms with Gasteiger partial charge in [-0.3, -0.25) is 4.79 Å². The number of carbonyl (C=O) groups is 1. The quantitative estimate of drug-likeness (QED) is 0.552. The Bertz CT molecular complexity index is 936. The van der Waals surface area contributed by atoms with Crippen LogP contribution in [-0.2, 0) is 4.79 Å². The lowest BCUT2D eigenvalue weighted by Crippen LogP contribution is -2.35. The first kappa shape index (κ1) is 18.0. The van der Waals surface area contributed by atoms with Gasteiger partial charge in [0.05, 0.1) is 11.0 Å². The van der Waals surface area contributed by atoms with Gasteiger partial charge in [-0.15, -0.1) is 0 Å². The predicted octanol–water partition coefficient (Wildman–Crippen LogP) is 2.68. The van der Waals surface area contributed by atoms with E-state index in [4.69, 9.17) is 4.52 Å². The van der Waals surface area contributed by atoms with Gasteiger partial charge in [0.1, 0.15) is 0 Å². The third-order valence-corrected chi connectivity index (χ3v) is 4.87. The highest BCUT2D eigenvalue weighted by Crippen LogP contribution is 2.24. The fourth-order valence-electron chi connectivity index (χ4n) is 2.48. The summed E-state index contributed by atoms with van der Waals surface area (Å²) in [4.78, 5) is 12.3. The van der Waals surface area contributed by atoms with Gasteiger partial charge < -0.3 is 14.9 Å². The maximum Gasteiger partial charge on any atom is 0.298 e. The number of nitrogens with one attached hydrogen (secondary N) is 1. The second-order valence-corrected chi connectivity index (χ2v) is 7.03. The summed E-state index contributed by atoms with van der Waals surface area (Å²) in [5.74, 6) is -0.678. The van der Waals surface area contributed by atoms with E-state index in [0.717, 1.165) is 34.1 Å². The van der Waals surface area contributed by atoms with Gasteiger partial charge in [-0.05, 0) is 48.8 Å². The highest BCUT2D eigenvalue weighted by atomic mass is 32.2. The van der Waals surface area contributed by atoms with Crippen LogP contribution in [0.5, 0.6) is 5.95 Å². The number of carbonyl (C=O) groups excluding carboxylic acids is 1. The number of hydrogen-bond donors (Lipinski definition) is 1. The minimum atomic E-state index is -0.560. The van der Waals surface area contributed by atoms with E-state index in [2.05, 4.69) is 10.6 Å². The number of amides is 1. The molecule has 1 N–H and O–H groups in total. The lowest BCUT2D eigenvalue weighted by Gasteiger charge is -2.08. The Kier molecular flexibility index (Phi) is 5.27. The van der Waals surface area contributed by atoms with Crippen molar-refractivity contribution in [2.45, 2.75) is 25.8 Å². The van der Waals surface area contributed by atoms with Crippen molar-refractivity contribution in [1.29, 1.82) is 0 Å². The molecule has 0 saturated carbocycles. The molecule has 0 bridgehead atoms. The van der Waals surface area contributed by atoms with E-state index in [0.29, 0.717) is 5.69 Å². The van der Waals surface area contributed by atoms with E-state index >= 15 is 0 Å². The summed E-state index contributed by atoms with van der Waals surface area (Å²) < 4.78 is 6.18. The first-order valence-electron chi connectivity index (χ1n) is 8.10. The maximum absolute atomic E-state index is 12.3. The lowest BCUT2D eigenvalue weighted by molar-refractivity contribution is -0.705. The van der Waals surface area contributed by atoms with Gasteiger partial charge in [0.2, 0.25) is 11.6 Å². The van der Waals surface area contributed by atoms with Crippen LogP contribution in [0, 0.1) is 20.8 Å². The van der Waals surface area contributed by atoms with Gasteiger partial charge in [0.25, 0.3) is 5.03 Å². The minimum absolute atomic E-state index is 0.0790. The summed E-state index contributed by atoms with van der Waals surface area (Å²) >= 11 is 1.10. The second-order valence-electron chi connectivity index (χ2n) is 6.07. The SMILES string of the molecule is Cc1ccc(-[n+]2noc([O-])c2SCC(=O)Nc2ccc(C)cc2C)cc1. The van der Waals surface area contributed by atoms with Crippen LogP contribution < -0.4 is 15.1 Å². The average molecular weight is 369 g/mol. The van der Waals surface area contributed by atoms with E-state index < -0.39 is 5.95 Å². The number of aryl methyl sites for hydroxylation is 3. The molecule has 0 fully saturated rings. The number of anilines is 1. The molecule has 134 valence electrons. The second kappa shape index (κ2) is 7.61. The number of nitrogens with zero attached hydrogens (tertiary/aromatic N) is 2. The molecule has 0 saturated heterocycles. The van der Waals surface area contributed by atoms with Crippen LogP contribution in [0.2, 0.25) is 0 Å². The Morgan fingerprint density at radius 3 is 2.54 bits per heavy atom. The first-order valence-corrected chi connectivity index (χ1v) is 9.08. The molecule has 7 heteroatoms. The van der Waals surface area contributed by atoms with Gasteiger partial charge in [0, 0.05) is 17.8 Å². The van der Waals surface area contributed by atoms with Crippen molar-refractivity contribution < 1.29 is 19.1 Å². The molecular formula is C19H19N3O3S. The third kappa shape index (κ3) is 4.05. The molecule has 1 heterocycles. The highest BCUT2D eigenvalue weighted by Gasteiger charge is 2.22. The Morgan fingerprint density at radius 2 is 1.85 bits per heavy atom. The first-order chi connectivity index (χ1) is 12.4. The van der Waals surface area contributed by atoms with E-state index in [1.807, 2.05) is 63.2 Å². The molecule has 0 radical (unpaired) electrons. The molecule has 1 amide bonds. The highest BCUT2D eigenvalue weighted by molar-refractivity contribution is 7.99. The van der Waals surface area contributed by atoms with E-state index in [1.54, 1.807) is 0 Å². The smallest absolute Gasteiger partial charge is 0.298 e. The Labute approximate surface area is 155 Å². The van der Waals surface area contributed by atoms with Crippen LogP contribution in [0.3, 0.4) is 0 Å². The van der Waals surface area contributed by atoms with Crippen molar-refractivity contribution in [3.05, 3.63) is 59.2 Å². The van der Waals surface area contributed by atoms with Crippen molar-refractivity contribution in [3.8, 4) is 11.6 Å². The molecule has 1 aromatic heterocycles. The molecule has 6 nitrogen and oxygen atoms in total. The molecular weight excluding hydrogens is 350 g/mol. The summed E-state index contributed by atoms with van der Waals surface area (Å²) in [5, 5.41) is 18.9. The number of hydrogen-bond acceptors (Lipinski definition) is 5. The normalized spacial score (nSPS) is 10.7. The molecule has 0 spiro atoms. The topological polar surface area (TPSA) is 82.1 Å². The summed E-state index contributed by atoms with van der Waals surface area (Å²) in [6.45, 7) is 5.92. The van der Waals surface area contributed by atoms with Crippen molar-refractivity contribution in [2.75, 3.05) is 11.1 Å². The minimum Gasteiger partial charge on any atom is -0.538 e. The van der Waals surface area contributed by atoms with Crippen LogP contribution in [-0.4, -0.2) is 16.9 Å². The van der Waals surface area contributed by atoms with Crippen LogP contribution >= 0.6 is 11.8 Å². The van der Waals surface area contributed by atoms with Crippen molar-refractivity contribution in [3.63, 3.8) is 0 Å². The third-order valence-electron chi connectivity index (χ3n) is 3.85. The molecule has 26 heavy (non-hydrogen) atoms. The fourth-order valence-corrected chi connectivity index (χ4v) is 3.24. The molecule has 0 aliphatic rings. The number of rotatable bonds is 5. The summed E-state index contributed by atoms with van der Waals surface area (Å²) in [7, 11) is 0. The van der Waals surface area contributed by atoms with E-state index in [1.165, 1.54) is 4.68 Å². The van der Waals surface area contributed by atoms with Crippen LogP contribution in [0.4, 0.5) is 5.69 Å². The molecule has 0 atom stereocenters. The molecule has 0 aliphatic carbocycles. The monoisotopic (exact) mass is 369 g/mol. The van der Waals surface area contributed by atoms with E-state index in [-0.39, 0.29) is 16.7 Å².